The Hall–Kier alpha value is 0. The zero-order valence-electron chi connectivity index (χ0n) is 23.2. The first kappa shape index (κ1) is 29.0. The lowest BCUT2D eigenvalue weighted by atomic mass is 9.72. The van der Waals surface area contributed by atoms with E-state index < -0.39 is 0 Å². The lowest BCUT2D eigenvalue weighted by Crippen LogP contribution is -2.23. The quantitative estimate of drug-likeness (QED) is 0.253. The van der Waals surface area contributed by atoms with Crippen molar-refractivity contribution in [2.75, 3.05) is 0 Å². The summed E-state index contributed by atoms with van der Waals surface area (Å²) in [4.78, 5) is 0. The molecule has 0 N–H and O–H groups in total. The van der Waals surface area contributed by atoms with Gasteiger partial charge in [-0.15, -0.1) is 0 Å². The van der Waals surface area contributed by atoms with E-state index in [1.54, 1.807) is 0 Å². The molecule has 7 unspecified atom stereocenters. The van der Waals surface area contributed by atoms with Crippen molar-refractivity contribution in [3.63, 3.8) is 0 Å². The fourth-order valence-corrected chi connectivity index (χ4v) is 6.70. The molecule has 7 atom stereocenters. The number of hydrogen-bond donors (Lipinski definition) is 0. The van der Waals surface area contributed by atoms with Gasteiger partial charge in [-0.2, -0.15) is 0 Å². The summed E-state index contributed by atoms with van der Waals surface area (Å²) in [5.74, 6) is 7.41. The van der Waals surface area contributed by atoms with Crippen molar-refractivity contribution < 1.29 is 0 Å². The maximum absolute atomic E-state index is 2.59. The van der Waals surface area contributed by atoms with Crippen molar-refractivity contribution in [2.45, 2.75) is 152 Å². The van der Waals surface area contributed by atoms with Crippen LogP contribution in [0, 0.1) is 47.3 Å². The van der Waals surface area contributed by atoms with Crippen LogP contribution in [0.4, 0.5) is 0 Å². The van der Waals surface area contributed by atoms with Crippen LogP contribution in [0.5, 0.6) is 0 Å². The van der Waals surface area contributed by atoms with E-state index in [-0.39, 0.29) is 0 Å². The van der Waals surface area contributed by atoms with Gasteiger partial charge in [-0.25, -0.2) is 0 Å². The molecule has 1 fully saturated rings. The Labute approximate surface area is 199 Å². The first-order valence-electron chi connectivity index (χ1n) is 14.8. The summed E-state index contributed by atoms with van der Waals surface area (Å²) in [6.07, 6.45) is 21.9. The normalized spacial score (nSPS) is 27.6. The predicted molar refractivity (Wildman–Crippen MR) is 143 cm³/mol. The van der Waals surface area contributed by atoms with E-state index in [4.69, 9.17) is 0 Å². The molecule has 1 saturated carbocycles. The SMILES string of the molecule is CCCCCC(CC)C(C)C(C)CC1CCCCCC(C(C)CCC(C)C)CC(C)C1. The Balaban J connectivity index is 2.62. The molecular weight excluding hydrogens is 372 g/mol. The second-order valence-electron chi connectivity index (χ2n) is 12.5. The summed E-state index contributed by atoms with van der Waals surface area (Å²) < 4.78 is 0. The van der Waals surface area contributed by atoms with Crippen molar-refractivity contribution >= 4 is 0 Å². The van der Waals surface area contributed by atoms with E-state index in [0.29, 0.717) is 0 Å². The molecular formula is C31H62. The Morgan fingerprint density at radius 1 is 0.774 bits per heavy atom. The molecule has 0 spiro atoms. The average molecular weight is 435 g/mol. The molecule has 0 nitrogen and oxygen atoms in total. The first-order chi connectivity index (χ1) is 14.8. The molecule has 0 saturated heterocycles. The largest absolute Gasteiger partial charge is 0.0654 e. The Bertz CT molecular complexity index is 410. The third-order valence-corrected chi connectivity index (χ3v) is 9.18. The Kier molecular flexibility index (Phi) is 15.5. The zero-order chi connectivity index (χ0) is 23.2. The van der Waals surface area contributed by atoms with Crippen LogP contribution in [0.2, 0.25) is 0 Å². The molecule has 0 heterocycles. The van der Waals surface area contributed by atoms with Crippen LogP contribution in [0.3, 0.4) is 0 Å². The highest BCUT2D eigenvalue weighted by atomic mass is 14.3. The topological polar surface area (TPSA) is 0 Å². The third kappa shape index (κ3) is 12.1. The second kappa shape index (κ2) is 16.6. The Morgan fingerprint density at radius 3 is 2.13 bits per heavy atom. The van der Waals surface area contributed by atoms with Gasteiger partial charge in [0.25, 0.3) is 0 Å². The van der Waals surface area contributed by atoms with Gasteiger partial charge in [-0.3, -0.25) is 0 Å². The summed E-state index contributed by atoms with van der Waals surface area (Å²) in [5.41, 5.74) is 0. The molecule has 0 heteroatoms. The lowest BCUT2D eigenvalue weighted by molar-refractivity contribution is 0.171. The van der Waals surface area contributed by atoms with E-state index in [1.165, 1.54) is 96.3 Å². The summed E-state index contributed by atoms with van der Waals surface area (Å²) >= 11 is 0. The van der Waals surface area contributed by atoms with Gasteiger partial charge >= 0.3 is 0 Å². The van der Waals surface area contributed by atoms with E-state index in [9.17, 15) is 0 Å². The van der Waals surface area contributed by atoms with Crippen molar-refractivity contribution in [1.82, 2.24) is 0 Å². The van der Waals surface area contributed by atoms with Crippen LogP contribution in [0.1, 0.15) is 152 Å². The highest BCUT2D eigenvalue weighted by molar-refractivity contribution is 4.78. The van der Waals surface area contributed by atoms with E-state index in [2.05, 4.69) is 55.4 Å². The average Bonchev–Trinajstić information content (AvgIpc) is 2.73. The number of rotatable bonds is 13. The van der Waals surface area contributed by atoms with Crippen LogP contribution >= 0.6 is 0 Å². The van der Waals surface area contributed by atoms with E-state index in [1.807, 2.05) is 0 Å². The molecule has 0 aromatic rings. The van der Waals surface area contributed by atoms with Crippen LogP contribution in [-0.4, -0.2) is 0 Å². The van der Waals surface area contributed by atoms with Crippen molar-refractivity contribution in [1.29, 1.82) is 0 Å². The van der Waals surface area contributed by atoms with Crippen molar-refractivity contribution in [2.24, 2.45) is 47.3 Å². The lowest BCUT2D eigenvalue weighted by Gasteiger charge is -2.34. The first-order valence-corrected chi connectivity index (χ1v) is 14.8. The fraction of sp³-hybridized carbons (Fsp3) is 1.00. The summed E-state index contributed by atoms with van der Waals surface area (Å²) in [6, 6.07) is 0. The maximum Gasteiger partial charge on any atom is -0.0386 e. The molecule has 0 bridgehead atoms. The molecule has 1 aliphatic rings. The molecule has 186 valence electrons. The van der Waals surface area contributed by atoms with Crippen molar-refractivity contribution in [3.8, 4) is 0 Å². The van der Waals surface area contributed by atoms with Gasteiger partial charge in [-0.05, 0) is 66.6 Å². The number of unbranched alkanes of at least 4 members (excludes halogenated alkanes) is 2. The highest BCUT2D eigenvalue weighted by Gasteiger charge is 2.27. The van der Waals surface area contributed by atoms with E-state index in [0.717, 1.165) is 47.3 Å². The molecule has 0 aromatic heterocycles. The molecule has 0 amide bonds. The van der Waals surface area contributed by atoms with Gasteiger partial charge in [0.15, 0.2) is 0 Å². The van der Waals surface area contributed by atoms with Crippen LogP contribution in [0.15, 0.2) is 0 Å². The minimum Gasteiger partial charge on any atom is -0.0654 e. The molecule has 1 aliphatic carbocycles. The molecule has 31 heavy (non-hydrogen) atoms. The number of hydrogen-bond acceptors (Lipinski definition) is 0. The van der Waals surface area contributed by atoms with Gasteiger partial charge in [0, 0.05) is 0 Å². The van der Waals surface area contributed by atoms with E-state index >= 15 is 0 Å². The smallest absolute Gasteiger partial charge is 0.0386 e. The summed E-state index contributed by atoms with van der Waals surface area (Å²) in [7, 11) is 0. The van der Waals surface area contributed by atoms with Gasteiger partial charge in [0.1, 0.15) is 0 Å². The standard InChI is InChI=1S/C31H62/c1-9-11-13-17-30(10-2)28(8)27(7)23-29-16-14-12-15-18-31(22-25(5)21-29)26(6)20-19-24(3)4/h24-31H,9-23H2,1-8H3. The molecule has 1 rings (SSSR count). The van der Waals surface area contributed by atoms with Gasteiger partial charge < -0.3 is 0 Å². The maximum atomic E-state index is 2.59. The van der Waals surface area contributed by atoms with Gasteiger partial charge in [-0.1, -0.05) is 132 Å². The monoisotopic (exact) mass is 434 g/mol. The molecule has 0 aliphatic heterocycles. The Morgan fingerprint density at radius 2 is 1.48 bits per heavy atom. The zero-order valence-corrected chi connectivity index (χ0v) is 23.2. The predicted octanol–water partition coefficient (Wildman–Crippen LogP) is 10.9. The minimum atomic E-state index is 0.862. The minimum absolute atomic E-state index is 0.862. The summed E-state index contributed by atoms with van der Waals surface area (Å²) in [5, 5.41) is 0. The van der Waals surface area contributed by atoms with Crippen LogP contribution in [0.25, 0.3) is 0 Å². The van der Waals surface area contributed by atoms with Crippen LogP contribution in [-0.2, 0) is 0 Å². The van der Waals surface area contributed by atoms with Crippen molar-refractivity contribution in [3.05, 3.63) is 0 Å². The third-order valence-electron chi connectivity index (χ3n) is 9.18. The van der Waals surface area contributed by atoms with Gasteiger partial charge in [0.2, 0.25) is 0 Å². The molecule has 0 aromatic carbocycles. The summed E-state index contributed by atoms with van der Waals surface area (Å²) in [6.45, 7) is 19.9. The fourth-order valence-electron chi connectivity index (χ4n) is 6.70. The second-order valence-corrected chi connectivity index (χ2v) is 12.5. The highest BCUT2D eigenvalue weighted by Crippen LogP contribution is 2.38. The van der Waals surface area contributed by atoms with Gasteiger partial charge in [0.05, 0.1) is 0 Å². The van der Waals surface area contributed by atoms with Crippen LogP contribution < -0.4 is 0 Å². The molecule has 0 radical (unpaired) electrons.